The maximum absolute atomic E-state index is 14.5. The van der Waals surface area contributed by atoms with Crippen LogP contribution in [0.3, 0.4) is 0 Å². The first kappa shape index (κ1) is 28.9. The molecule has 1 aromatic carbocycles. The second-order valence-corrected chi connectivity index (χ2v) is 12.8. The van der Waals surface area contributed by atoms with Gasteiger partial charge in [-0.05, 0) is 67.7 Å². The summed E-state index contributed by atoms with van der Waals surface area (Å²) < 4.78 is 13.5. The highest BCUT2D eigenvalue weighted by Gasteiger charge is 2.81. The van der Waals surface area contributed by atoms with Crippen LogP contribution in [0.25, 0.3) is 0 Å². The number of rotatable bonds is 7. The number of aromatic hydroxyl groups is 2. The first-order chi connectivity index (χ1) is 19.1. The molecule has 8 nitrogen and oxygen atoms in total. The molecule has 3 N–H and O–H groups in total. The molecule has 4 bridgehead atoms. The maximum Gasteiger partial charge on any atom is 0.330 e. The Morgan fingerprint density at radius 1 is 0.976 bits per heavy atom. The Hall–Kier alpha value is -3.65. The van der Waals surface area contributed by atoms with Gasteiger partial charge in [0, 0.05) is 40.5 Å². The van der Waals surface area contributed by atoms with E-state index in [0.717, 1.165) is 11.1 Å². The van der Waals surface area contributed by atoms with E-state index in [4.69, 9.17) is 9.47 Å². The van der Waals surface area contributed by atoms with E-state index in [1.807, 2.05) is 53.7 Å². The van der Waals surface area contributed by atoms with E-state index in [0.29, 0.717) is 12.0 Å². The zero-order chi connectivity index (χ0) is 30.2. The Bertz CT molecular complexity index is 1510. The zero-order valence-electron chi connectivity index (χ0n) is 24.7. The third-order valence-corrected chi connectivity index (χ3v) is 9.15. The Morgan fingerprint density at radius 3 is 2.17 bits per heavy atom. The standard InChI is InChI=1S/C33H38O8/c1-16(2)8-10-20-25(34)21(11-9-17(3)4)28-24(26(20)35)27(36)22-14-19-15-23-31(6,7)41-32(29(19)37,33(22,23)40-28)13-12-18(5)30(38)39/h8-9,12,14,19,23,34-35H,10-11,13,15H2,1-7H3,(H,38,39)/b18-12+/t19-,23+,32+,33-/m1/s1. The van der Waals surface area contributed by atoms with Crippen molar-refractivity contribution >= 4 is 17.5 Å². The number of carbonyl (C=O) groups is 3. The molecule has 0 amide bonds. The van der Waals surface area contributed by atoms with Crippen LogP contribution in [0.15, 0.2) is 46.6 Å². The van der Waals surface area contributed by atoms with Gasteiger partial charge in [-0.3, -0.25) is 9.59 Å². The fourth-order valence-corrected chi connectivity index (χ4v) is 7.14. The van der Waals surface area contributed by atoms with Crippen LogP contribution in [-0.2, 0) is 27.2 Å². The summed E-state index contributed by atoms with van der Waals surface area (Å²) in [5, 5.41) is 32.5. The summed E-state index contributed by atoms with van der Waals surface area (Å²) in [6.07, 6.45) is 7.63. The molecular formula is C33H38O8. The van der Waals surface area contributed by atoms with E-state index in [1.165, 1.54) is 13.0 Å². The molecule has 8 heteroatoms. The van der Waals surface area contributed by atoms with Crippen LogP contribution in [0.2, 0.25) is 0 Å². The van der Waals surface area contributed by atoms with Crippen LogP contribution < -0.4 is 4.74 Å². The first-order valence-corrected chi connectivity index (χ1v) is 14.1. The number of hydrogen-bond donors (Lipinski definition) is 3. The molecule has 1 saturated carbocycles. The predicted molar refractivity (Wildman–Crippen MR) is 152 cm³/mol. The van der Waals surface area contributed by atoms with Crippen molar-refractivity contribution in [1.82, 2.24) is 0 Å². The molecule has 5 aliphatic rings. The lowest BCUT2D eigenvalue weighted by molar-refractivity contribution is -0.171. The highest BCUT2D eigenvalue weighted by molar-refractivity contribution is 6.18. The molecule has 0 unspecified atom stereocenters. The Morgan fingerprint density at radius 2 is 1.59 bits per heavy atom. The lowest BCUT2D eigenvalue weighted by atomic mass is 9.51. The van der Waals surface area contributed by atoms with E-state index in [-0.39, 0.29) is 64.6 Å². The third-order valence-electron chi connectivity index (χ3n) is 9.15. The average Bonchev–Trinajstić information content (AvgIpc) is 3.03. The molecule has 0 radical (unpaired) electrons. The molecule has 4 atom stereocenters. The Kier molecular flexibility index (Phi) is 6.65. The summed E-state index contributed by atoms with van der Waals surface area (Å²) in [5.41, 5.74) is -1.27. The van der Waals surface area contributed by atoms with Crippen molar-refractivity contribution in [1.29, 1.82) is 0 Å². The molecular weight excluding hydrogens is 524 g/mol. The minimum absolute atomic E-state index is 0.0291. The minimum atomic E-state index is -1.65. The van der Waals surface area contributed by atoms with E-state index >= 15 is 0 Å². The third kappa shape index (κ3) is 3.94. The van der Waals surface area contributed by atoms with Crippen LogP contribution in [0.4, 0.5) is 0 Å². The number of benzene rings is 1. The van der Waals surface area contributed by atoms with E-state index in [2.05, 4.69) is 0 Å². The van der Waals surface area contributed by atoms with Crippen molar-refractivity contribution in [3.8, 4) is 17.2 Å². The summed E-state index contributed by atoms with van der Waals surface area (Å²) in [6.45, 7) is 12.8. The predicted octanol–water partition coefficient (Wildman–Crippen LogP) is 5.54. The number of carboxylic acid groups (broad SMARTS) is 1. The van der Waals surface area contributed by atoms with Gasteiger partial charge in [0.05, 0.1) is 5.60 Å². The lowest BCUT2D eigenvalue weighted by Crippen LogP contribution is -2.72. The average molecular weight is 563 g/mol. The van der Waals surface area contributed by atoms with Crippen LogP contribution in [0.1, 0.15) is 82.8 Å². The number of carboxylic acids is 1. The smallest absolute Gasteiger partial charge is 0.330 e. The SMILES string of the molecule is CC(C)=CCc1c(O)c(CC=C(C)C)c2c(c1O)C(=O)C1=C[C@@H]3C[C@H]4C(C)(C)O[C@@](C/C=C(\C)C(=O)O)(C3=O)[C@@]14O2. The molecule has 41 heavy (non-hydrogen) atoms. The molecule has 1 aromatic rings. The summed E-state index contributed by atoms with van der Waals surface area (Å²) in [7, 11) is 0. The Balaban J connectivity index is 1.81. The van der Waals surface area contributed by atoms with Gasteiger partial charge in [-0.25, -0.2) is 4.79 Å². The van der Waals surface area contributed by atoms with Crippen LogP contribution in [-0.4, -0.2) is 49.7 Å². The number of ether oxygens (including phenoxy) is 2. The molecule has 2 fully saturated rings. The van der Waals surface area contributed by atoms with Gasteiger partial charge in [0.15, 0.2) is 22.8 Å². The summed E-state index contributed by atoms with van der Waals surface area (Å²) in [5.74, 6) is -3.32. The minimum Gasteiger partial charge on any atom is -0.507 e. The number of phenols is 2. The molecule has 2 aliphatic heterocycles. The molecule has 1 saturated heterocycles. The second kappa shape index (κ2) is 9.44. The van der Waals surface area contributed by atoms with Gasteiger partial charge in [0.1, 0.15) is 22.8 Å². The molecule has 218 valence electrons. The zero-order valence-corrected chi connectivity index (χ0v) is 24.7. The van der Waals surface area contributed by atoms with Gasteiger partial charge >= 0.3 is 5.97 Å². The van der Waals surface area contributed by atoms with Crippen molar-refractivity contribution < 1.29 is 39.2 Å². The number of carbonyl (C=O) groups excluding carboxylic acids is 2. The Labute approximate surface area is 240 Å². The number of allylic oxidation sites excluding steroid dienone is 5. The normalized spacial score (nSPS) is 28.9. The number of hydrogen-bond acceptors (Lipinski definition) is 7. The fraction of sp³-hybridized carbons (Fsp3) is 0.485. The highest BCUT2D eigenvalue weighted by atomic mass is 16.6. The van der Waals surface area contributed by atoms with Crippen molar-refractivity contribution in [2.45, 2.75) is 91.0 Å². The second-order valence-electron chi connectivity index (χ2n) is 12.8. The quantitative estimate of drug-likeness (QED) is 0.292. The number of phenolic OH excluding ortho intramolecular Hbond substituents is 2. The van der Waals surface area contributed by atoms with Gasteiger partial charge in [-0.2, -0.15) is 0 Å². The van der Waals surface area contributed by atoms with Gasteiger partial charge in [-0.1, -0.05) is 35.5 Å². The number of ketones is 2. The topological polar surface area (TPSA) is 130 Å². The number of aliphatic carboxylic acids is 1. The monoisotopic (exact) mass is 562 g/mol. The number of fused-ring (bicyclic) bond motifs is 1. The number of Topliss-reactive ketones (excluding diaryl/α,β-unsaturated/α-hetero) is 2. The van der Waals surface area contributed by atoms with Crippen molar-refractivity contribution in [2.75, 3.05) is 0 Å². The van der Waals surface area contributed by atoms with Gasteiger partial charge in [-0.15, -0.1) is 0 Å². The highest BCUT2D eigenvalue weighted by Crippen LogP contribution is 2.68. The summed E-state index contributed by atoms with van der Waals surface area (Å²) in [6, 6.07) is 0. The fourth-order valence-electron chi connectivity index (χ4n) is 7.14. The summed E-state index contributed by atoms with van der Waals surface area (Å²) in [4.78, 5) is 40.2. The first-order valence-electron chi connectivity index (χ1n) is 14.1. The van der Waals surface area contributed by atoms with Gasteiger partial charge in [0.25, 0.3) is 0 Å². The maximum atomic E-state index is 14.5. The van der Waals surface area contributed by atoms with E-state index in [1.54, 1.807) is 6.08 Å². The van der Waals surface area contributed by atoms with Crippen molar-refractivity contribution in [3.05, 3.63) is 63.3 Å². The molecule has 2 heterocycles. The molecule has 3 aliphatic carbocycles. The largest absolute Gasteiger partial charge is 0.507 e. The van der Waals surface area contributed by atoms with Crippen LogP contribution >= 0.6 is 0 Å². The van der Waals surface area contributed by atoms with Gasteiger partial charge < -0.3 is 24.8 Å². The van der Waals surface area contributed by atoms with Crippen LogP contribution in [0.5, 0.6) is 17.2 Å². The van der Waals surface area contributed by atoms with E-state index < -0.39 is 40.4 Å². The summed E-state index contributed by atoms with van der Waals surface area (Å²) >= 11 is 0. The molecule has 1 spiro atoms. The molecule has 6 rings (SSSR count). The van der Waals surface area contributed by atoms with Crippen LogP contribution in [0, 0.1) is 11.8 Å². The van der Waals surface area contributed by atoms with Gasteiger partial charge in [0.2, 0.25) is 0 Å². The van der Waals surface area contributed by atoms with E-state index in [9.17, 15) is 29.7 Å². The van der Waals surface area contributed by atoms with Crippen molar-refractivity contribution in [3.63, 3.8) is 0 Å². The lowest BCUT2D eigenvalue weighted by Gasteiger charge is -2.56. The van der Waals surface area contributed by atoms with Crippen molar-refractivity contribution in [2.24, 2.45) is 11.8 Å². The molecule has 0 aromatic heterocycles.